The van der Waals surface area contributed by atoms with Crippen molar-refractivity contribution in [2.45, 2.75) is 49.7 Å². The molecule has 1 fully saturated rings. The quantitative estimate of drug-likeness (QED) is 0.509. The number of nitrogens with zero attached hydrogens (tertiary/aromatic N) is 3. The van der Waals surface area contributed by atoms with Crippen LogP contribution < -0.4 is 14.8 Å². The Kier molecular flexibility index (Phi) is 7.19. The van der Waals surface area contributed by atoms with E-state index < -0.39 is 0 Å². The summed E-state index contributed by atoms with van der Waals surface area (Å²) in [4.78, 5) is 12.4. The third-order valence-corrected chi connectivity index (χ3v) is 5.76. The van der Waals surface area contributed by atoms with Crippen LogP contribution in [0.5, 0.6) is 11.5 Å². The molecule has 1 saturated carbocycles. The molecule has 3 rings (SSSR count). The zero-order chi connectivity index (χ0) is 19.9. The van der Waals surface area contributed by atoms with Crippen molar-refractivity contribution in [2.24, 2.45) is 0 Å². The van der Waals surface area contributed by atoms with Gasteiger partial charge in [0.05, 0.1) is 14.2 Å². The van der Waals surface area contributed by atoms with Gasteiger partial charge in [-0.2, -0.15) is 0 Å². The number of carbonyl (C=O) groups excluding carboxylic acids is 1. The molecule has 8 heteroatoms. The number of aromatic nitrogens is 3. The Balaban J connectivity index is 1.55. The van der Waals surface area contributed by atoms with Gasteiger partial charge >= 0.3 is 0 Å². The highest BCUT2D eigenvalue weighted by Gasteiger charge is 2.23. The number of hydrogen-bond acceptors (Lipinski definition) is 6. The molecular formula is C20H28N4O3S. The molecular weight excluding hydrogens is 376 g/mol. The molecule has 28 heavy (non-hydrogen) atoms. The van der Waals surface area contributed by atoms with Crippen molar-refractivity contribution in [3.63, 3.8) is 0 Å². The van der Waals surface area contributed by atoms with Gasteiger partial charge < -0.3 is 19.4 Å². The maximum absolute atomic E-state index is 12.4. The second kappa shape index (κ2) is 9.82. The fourth-order valence-corrected chi connectivity index (χ4v) is 4.25. The van der Waals surface area contributed by atoms with Crippen LogP contribution in [0, 0.1) is 0 Å². The predicted octanol–water partition coefficient (Wildman–Crippen LogP) is 3.49. The summed E-state index contributed by atoms with van der Waals surface area (Å²) in [6.07, 6.45) is 8.62. The standard InChI is InChI=1S/C20H28N4O3S/c1-26-16-11-10-14(13-17(16)27-2)19(25)21-12-6-9-18-22-23-20(28-3)24(18)15-7-4-5-8-15/h10-11,13,15H,4-9,12H2,1-3H3,(H,21,25). The number of benzene rings is 1. The van der Waals surface area contributed by atoms with Gasteiger partial charge in [0.25, 0.3) is 5.91 Å². The number of thioether (sulfide) groups is 1. The number of rotatable bonds is 9. The third-order valence-electron chi connectivity index (χ3n) is 5.12. The fourth-order valence-electron chi connectivity index (χ4n) is 3.67. The number of carbonyl (C=O) groups is 1. The second-order valence-electron chi connectivity index (χ2n) is 6.84. The SMILES string of the molecule is COc1ccc(C(=O)NCCCc2nnc(SC)n2C2CCCC2)cc1OC. The molecule has 0 atom stereocenters. The van der Waals surface area contributed by atoms with Crippen molar-refractivity contribution in [3.8, 4) is 11.5 Å². The van der Waals surface area contributed by atoms with Crippen LogP contribution in [0.25, 0.3) is 0 Å². The summed E-state index contributed by atoms with van der Waals surface area (Å²) in [7, 11) is 3.13. The Morgan fingerprint density at radius 2 is 1.96 bits per heavy atom. The van der Waals surface area contributed by atoms with Gasteiger partial charge in [0.2, 0.25) is 0 Å². The topological polar surface area (TPSA) is 78.3 Å². The number of amides is 1. The maximum Gasteiger partial charge on any atom is 0.251 e. The maximum atomic E-state index is 12.4. The number of methoxy groups -OCH3 is 2. The van der Waals surface area contributed by atoms with Gasteiger partial charge in [-0.1, -0.05) is 24.6 Å². The second-order valence-corrected chi connectivity index (χ2v) is 7.61. The molecule has 0 bridgehead atoms. The molecule has 1 aromatic carbocycles. The van der Waals surface area contributed by atoms with Crippen LogP contribution in [0.3, 0.4) is 0 Å². The first-order valence-electron chi connectivity index (χ1n) is 9.66. The van der Waals surface area contributed by atoms with Crippen molar-refractivity contribution in [2.75, 3.05) is 27.0 Å². The van der Waals surface area contributed by atoms with E-state index in [2.05, 4.69) is 20.1 Å². The average Bonchev–Trinajstić information content (AvgIpc) is 3.39. The summed E-state index contributed by atoms with van der Waals surface area (Å²) in [5.74, 6) is 2.05. The minimum Gasteiger partial charge on any atom is -0.493 e. The lowest BCUT2D eigenvalue weighted by atomic mass is 10.2. The van der Waals surface area contributed by atoms with Crippen LogP contribution in [0.15, 0.2) is 23.4 Å². The van der Waals surface area contributed by atoms with Crippen LogP contribution in [-0.2, 0) is 6.42 Å². The van der Waals surface area contributed by atoms with Crippen molar-refractivity contribution < 1.29 is 14.3 Å². The molecule has 7 nitrogen and oxygen atoms in total. The molecule has 0 aliphatic heterocycles. The van der Waals surface area contributed by atoms with Crippen LogP contribution in [0.4, 0.5) is 0 Å². The minimum absolute atomic E-state index is 0.122. The van der Waals surface area contributed by atoms with E-state index in [-0.39, 0.29) is 5.91 Å². The van der Waals surface area contributed by atoms with E-state index in [4.69, 9.17) is 9.47 Å². The lowest BCUT2D eigenvalue weighted by molar-refractivity contribution is 0.0952. The summed E-state index contributed by atoms with van der Waals surface area (Å²) in [6, 6.07) is 5.68. The molecule has 2 aromatic rings. The summed E-state index contributed by atoms with van der Waals surface area (Å²) >= 11 is 1.65. The molecule has 1 N–H and O–H groups in total. The first-order chi connectivity index (χ1) is 13.7. The van der Waals surface area contributed by atoms with Gasteiger partial charge in [0.1, 0.15) is 5.82 Å². The highest BCUT2D eigenvalue weighted by Crippen LogP contribution is 2.33. The molecule has 1 amide bonds. The smallest absolute Gasteiger partial charge is 0.251 e. The highest BCUT2D eigenvalue weighted by molar-refractivity contribution is 7.98. The Hall–Kier alpha value is -2.22. The Morgan fingerprint density at radius 3 is 2.64 bits per heavy atom. The normalized spacial score (nSPS) is 14.2. The molecule has 1 aliphatic rings. The molecule has 0 saturated heterocycles. The molecule has 0 radical (unpaired) electrons. The fraction of sp³-hybridized carbons (Fsp3) is 0.550. The highest BCUT2D eigenvalue weighted by atomic mass is 32.2. The molecule has 1 aliphatic carbocycles. The summed E-state index contributed by atoms with van der Waals surface area (Å²) < 4.78 is 12.8. The van der Waals surface area contributed by atoms with Gasteiger partial charge in [0, 0.05) is 24.6 Å². The van der Waals surface area contributed by atoms with E-state index in [1.54, 1.807) is 44.2 Å². The molecule has 1 aromatic heterocycles. The predicted molar refractivity (Wildman–Crippen MR) is 110 cm³/mol. The molecule has 0 spiro atoms. The van der Waals surface area contributed by atoms with Gasteiger partial charge in [-0.15, -0.1) is 10.2 Å². The number of ether oxygens (including phenoxy) is 2. The number of hydrogen-bond donors (Lipinski definition) is 1. The lowest BCUT2D eigenvalue weighted by Gasteiger charge is -2.16. The largest absolute Gasteiger partial charge is 0.493 e. The first-order valence-corrected chi connectivity index (χ1v) is 10.9. The van der Waals surface area contributed by atoms with E-state index in [1.807, 2.05) is 6.26 Å². The zero-order valence-electron chi connectivity index (χ0n) is 16.7. The summed E-state index contributed by atoms with van der Waals surface area (Å²) in [6.45, 7) is 0.583. The Bertz CT molecular complexity index is 803. The monoisotopic (exact) mass is 404 g/mol. The van der Waals surface area contributed by atoms with Crippen LogP contribution in [-0.4, -0.2) is 47.7 Å². The van der Waals surface area contributed by atoms with Gasteiger partial charge in [-0.25, -0.2) is 0 Å². The van der Waals surface area contributed by atoms with Gasteiger partial charge in [-0.05, 0) is 43.7 Å². The summed E-state index contributed by atoms with van der Waals surface area (Å²) in [5, 5.41) is 12.7. The molecule has 1 heterocycles. The minimum atomic E-state index is -0.122. The lowest BCUT2D eigenvalue weighted by Crippen LogP contribution is -2.25. The van der Waals surface area contributed by atoms with E-state index in [0.29, 0.717) is 29.6 Å². The summed E-state index contributed by atoms with van der Waals surface area (Å²) in [5.41, 5.74) is 0.552. The van der Waals surface area contributed by atoms with E-state index in [9.17, 15) is 4.79 Å². The van der Waals surface area contributed by atoms with Crippen molar-refractivity contribution >= 4 is 17.7 Å². The third kappa shape index (κ3) is 4.60. The van der Waals surface area contributed by atoms with E-state index in [0.717, 1.165) is 23.8 Å². The van der Waals surface area contributed by atoms with Crippen molar-refractivity contribution in [1.82, 2.24) is 20.1 Å². The van der Waals surface area contributed by atoms with Crippen molar-refractivity contribution in [1.29, 1.82) is 0 Å². The number of aryl methyl sites for hydroxylation is 1. The molecule has 152 valence electrons. The van der Waals surface area contributed by atoms with E-state index >= 15 is 0 Å². The van der Waals surface area contributed by atoms with Crippen LogP contribution >= 0.6 is 11.8 Å². The molecule has 0 unspecified atom stereocenters. The Labute approximate surface area is 170 Å². The van der Waals surface area contributed by atoms with Gasteiger partial charge in [0.15, 0.2) is 16.7 Å². The first kappa shape index (κ1) is 20.5. The number of nitrogens with one attached hydrogen (secondary N) is 1. The Morgan fingerprint density at radius 1 is 1.21 bits per heavy atom. The zero-order valence-corrected chi connectivity index (χ0v) is 17.6. The van der Waals surface area contributed by atoms with Crippen LogP contribution in [0.1, 0.15) is 54.3 Å². The van der Waals surface area contributed by atoms with Gasteiger partial charge in [-0.3, -0.25) is 4.79 Å². The van der Waals surface area contributed by atoms with Crippen molar-refractivity contribution in [3.05, 3.63) is 29.6 Å². The van der Waals surface area contributed by atoms with Crippen LogP contribution in [0.2, 0.25) is 0 Å². The van der Waals surface area contributed by atoms with E-state index in [1.165, 1.54) is 25.7 Å². The average molecular weight is 405 g/mol.